The van der Waals surface area contributed by atoms with E-state index in [2.05, 4.69) is 48.6 Å². The average molecular weight is 244 g/mol. The van der Waals surface area contributed by atoms with Crippen LogP contribution >= 0.6 is 0 Å². The highest BCUT2D eigenvalue weighted by molar-refractivity contribution is 5.31. The van der Waals surface area contributed by atoms with Crippen LogP contribution in [0.1, 0.15) is 36.1 Å². The summed E-state index contributed by atoms with van der Waals surface area (Å²) in [7, 11) is 0. The number of hydrogen-bond donors (Lipinski definition) is 2. The van der Waals surface area contributed by atoms with Crippen LogP contribution in [0.3, 0.4) is 0 Å². The number of aromatic nitrogens is 2. The summed E-state index contributed by atoms with van der Waals surface area (Å²) in [5.41, 5.74) is 6.35. The molecule has 1 aromatic heterocycles. The molecule has 2 aromatic rings. The maximum atomic E-state index is 5.67. The molecule has 0 saturated carbocycles. The SMILES string of the molecule is CCCn1cc(C(NN)c2ccc(C)cc2)cn1. The van der Waals surface area contributed by atoms with Crippen LogP contribution in [-0.4, -0.2) is 9.78 Å². The van der Waals surface area contributed by atoms with E-state index in [0.29, 0.717) is 0 Å². The van der Waals surface area contributed by atoms with E-state index < -0.39 is 0 Å². The van der Waals surface area contributed by atoms with E-state index in [9.17, 15) is 0 Å². The Morgan fingerprint density at radius 3 is 2.61 bits per heavy atom. The molecule has 4 nitrogen and oxygen atoms in total. The van der Waals surface area contributed by atoms with E-state index in [-0.39, 0.29) is 6.04 Å². The van der Waals surface area contributed by atoms with Crippen molar-refractivity contribution in [2.75, 3.05) is 0 Å². The summed E-state index contributed by atoms with van der Waals surface area (Å²) in [5.74, 6) is 5.67. The number of nitrogens with two attached hydrogens (primary N) is 1. The van der Waals surface area contributed by atoms with Gasteiger partial charge in [0.2, 0.25) is 0 Å². The lowest BCUT2D eigenvalue weighted by atomic mass is 10.0. The van der Waals surface area contributed by atoms with Crippen molar-refractivity contribution in [3.05, 3.63) is 53.3 Å². The van der Waals surface area contributed by atoms with Gasteiger partial charge in [-0.25, -0.2) is 5.43 Å². The molecule has 18 heavy (non-hydrogen) atoms. The summed E-state index contributed by atoms with van der Waals surface area (Å²) >= 11 is 0. The van der Waals surface area contributed by atoms with E-state index in [4.69, 9.17) is 5.84 Å². The second kappa shape index (κ2) is 5.80. The predicted octanol–water partition coefficient (Wildman–Crippen LogP) is 2.15. The minimum Gasteiger partial charge on any atom is -0.272 e. The van der Waals surface area contributed by atoms with Crippen molar-refractivity contribution in [1.29, 1.82) is 0 Å². The monoisotopic (exact) mass is 244 g/mol. The highest BCUT2D eigenvalue weighted by Crippen LogP contribution is 2.21. The van der Waals surface area contributed by atoms with Crippen LogP contribution in [0.2, 0.25) is 0 Å². The van der Waals surface area contributed by atoms with Crippen molar-refractivity contribution >= 4 is 0 Å². The third-order valence-electron chi connectivity index (χ3n) is 3.02. The molecule has 0 spiro atoms. The van der Waals surface area contributed by atoms with Crippen molar-refractivity contribution < 1.29 is 0 Å². The molecular formula is C14H20N4. The molecule has 96 valence electrons. The molecule has 1 heterocycles. The zero-order valence-electron chi connectivity index (χ0n) is 10.9. The standard InChI is InChI=1S/C14H20N4/c1-3-8-18-10-13(9-16-18)14(17-15)12-6-4-11(2)5-7-12/h4-7,9-10,14,17H,3,8,15H2,1-2H3. The molecule has 0 saturated heterocycles. The summed E-state index contributed by atoms with van der Waals surface area (Å²) in [4.78, 5) is 0. The van der Waals surface area contributed by atoms with E-state index in [1.807, 2.05) is 17.1 Å². The fourth-order valence-corrected chi connectivity index (χ4v) is 2.02. The maximum absolute atomic E-state index is 5.67. The molecule has 1 atom stereocenters. The Balaban J connectivity index is 2.24. The van der Waals surface area contributed by atoms with Crippen LogP contribution in [-0.2, 0) is 6.54 Å². The van der Waals surface area contributed by atoms with Crippen LogP contribution in [0.25, 0.3) is 0 Å². The van der Waals surface area contributed by atoms with Crippen LogP contribution in [0, 0.1) is 6.92 Å². The molecule has 1 aromatic carbocycles. The lowest BCUT2D eigenvalue weighted by Gasteiger charge is -2.14. The molecule has 0 aliphatic carbocycles. The minimum absolute atomic E-state index is 0.00351. The highest BCUT2D eigenvalue weighted by Gasteiger charge is 2.13. The molecule has 0 amide bonds. The molecule has 0 bridgehead atoms. The minimum atomic E-state index is -0.00351. The first kappa shape index (κ1) is 12.8. The van der Waals surface area contributed by atoms with Gasteiger partial charge in [-0.2, -0.15) is 5.10 Å². The summed E-state index contributed by atoms with van der Waals surface area (Å²) in [6, 6.07) is 8.37. The molecule has 0 fully saturated rings. The van der Waals surface area contributed by atoms with Gasteiger partial charge in [-0.05, 0) is 18.9 Å². The maximum Gasteiger partial charge on any atom is 0.0740 e. The van der Waals surface area contributed by atoms with Gasteiger partial charge >= 0.3 is 0 Å². The molecular weight excluding hydrogens is 224 g/mol. The Kier molecular flexibility index (Phi) is 4.12. The largest absolute Gasteiger partial charge is 0.272 e. The van der Waals surface area contributed by atoms with E-state index in [1.54, 1.807) is 0 Å². The third-order valence-corrected chi connectivity index (χ3v) is 3.02. The smallest absolute Gasteiger partial charge is 0.0740 e. The number of hydrazine groups is 1. The lowest BCUT2D eigenvalue weighted by Crippen LogP contribution is -2.28. The number of aryl methyl sites for hydroxylation is 2. The molecule has 1 unspecified atom stereocenters. The fraction of sp³-hybridized carbons (Fsp3) is 0.357. The van der Waals surface area contributed by atoms with Crippen molar-refractivity contribution in [3.8, 4) is 0 Å². The molecule has 0 aliphatic rings. The number of hydrogen-bond acceptors (Lipinski definition) is 3. The summed E-state index contributed by atoms with van der Waals surface area (Å²) in [5, 5.41) is 4.34. The van der Waals surface area contributed by atoms with Gasteiger partial charge in [0.1, 0.15) is 0 Å². The Labute approximate surface area is 108 Å². The molecule has 4 heteroatoms. The third kappa shape index (κ3) is 2.78. The number of benzene rings is 1. The van der Waals surface area contributed by atoms with Gasteiger partial charge in [-0.1, -0.05) is 36.8 Å². The molecule has 0 radical (unpaired) electrons. The Hall–Kier alpha value is -1.65. The second-order valence-corrected chi connectivity index (χ2v) is 4.55. The van der Waals surface area contributed by atoms with Gasteiger partial charge in [-0.3, -0.25) is 10.5 Å². The van der Waals surface area contributed by atoms with Gasteiger partial charge in [0.05, 0.1) is 12.2 Å². The van der Waals surface area contributed by atoms with Gasteiger partial charge in [0.15, 0.2) is 0 Å². The van der Waals surface area contributed by atoms with E-state index >= 15 is 0 Å². The van der Waals surface area contributed by atoms with Crippen LogP contribution in [0.4, 0.5) is 0 Å². The van der Waals surface area contributed by atoms with E-state index in [1.165, 1.54) is 5.56 Å². The normalized spacial score (nSPS) is 12.6. The van der Waals surface area contributed by atoms with Gasteiger partial charge in [0.25, 0.3) is 0 Å². The average Bonchev–Trinajstić information content (AvgIpc) is 2.82. The second-order valence-electron chi connectivity index (χ2n) is 4.55. The zero-order valence-corrected chi connectivity index (χ0v) is 10.9. The molecule has 2 rings (SSSR count). The van der Waals surface area contributed by atoms with Crippen LogP contribution < -0.4 is 11.3 Å². The van der Waals surface area contributed by atoms with Crippen LogP contribution in [0.5, 0.6) is 0 Å². The molecule has 3 N–H and O–H groups in total. The van der Waals surface area contributed by atoms with Crippen molar-refractivity contribution in [2.45, 2.75) is 32.9 Å². The van der Waals surface area contributed by atoms with Gasteiger partial charge < -0.3 is 0 Å². The van der Waals surface area contributed by atoms with Crippen LogP contribution in [0.15, 0.2) is 36.7 Å². The Bertz CT molecular complexity index is 487. The number of rotatable bonds is 5. The summed E-state index contributed by atoms with van der Waals surface area (Å²) in [6.45, 7) is 5.15. The van der Waals surface area contributed by atoms with Gasteiger partial charge in [-0.15, -0.1) is 0 Å². The Morgan fingerprint density at radius 2 is 2.00 bits per heavy atom. The summed E-state index contributed by atoms with van der Waals surface area (Å²) < 4.78 is 1.95. The van der Waals surface area contributed by atoms with Crippen molar-refractivity contribution in [1.82, 2.24) is 15.2 Å². The first-order chi connectivity index (χ1) is 8.74. The lowest BCUT2D eigenvalue weighted by molar-refractivity contribution is 0.598. The summed E-state index contributed by atoms with van der Waals surface area (Å²) in [6.07, 6.45) is 5.00. The number of nitrogens with one attached hydrogen (secondary N) is 1. The topological polar surface area (TPSA) is 55.9 Å². The fourth-order valence-electron chi connectivity index (χ4n) is 2.02. The zero-order chi connectivity index (χ0) is 13.0. The van der Waals surface area contributed by atoms with Crippen molar-refractivity contribution in [2.24, 2.45) is 5.84 Å². The van der Waals surface area contributed by atoms with E-state index in [0.717, 1.165) is 24.1 Å². The first-order valence-corrected chi connectivity index (χ1v) is 6.29. The Morgan fingerprint density at radius 1 is 1.28 bits per heavy atom. The first-order valence-electron chi connectivity index (χ1n) is 6.29. The highest BCUT2D eigenvalue weighted by atomic mass is 15.3. The van der Waals surface area contributed by atoms with Gasteiger partial charge in [0, 0.05) is 18.3 Å². The quantitative estimate of drug-likeness (QED) is 0.626. The number of nitrogens with zero attached hydrogens (tertiary/aromatic N) is 2. The predicted molar refractivity (Wildman–Crippen MR) is 72.9 cm³/mol. The molecule has 0 aliphatic heterocycles. The van der Waals surface area contributed by atoms with Crippen molar-refractivity contribution in [3.63, 3.8) is 0 Å².